The van der Waals surface area contributed by atoms with E-state index in [1.165, 1.54) is 0 Å². The molecular formula is C9H12F2N6O. The highest BCUT2D eigenvalue weighted by Gasteiger charge is 2.29. The van der Waals surface area contributed by atoms with Crippen molar-refractivity contribution in [2.45, 2.75) is 33.1 Å². The Morgan fingerprint density at radius 2 is 2.17 bits per heavy atom. The number of hydrogen-bond acceptors (Lipinski definition) is 4. The molecule has 0 saturated carbocycles. The van der Waals surface area contributed by atoms with Gasteiger partial charge in [-0.05, 0) is 6.92 Å². The maximum atomic E-state index is 12.6. The van der Waals surface area contributed by atoms with E-state index in [1.54, 1.807) is 4.57 Å². The number of imidazole rings is 1. The molecule has 0 aliphatic carbocycles. The van der Waals surface area contributed by atoms with Crippen LogP contribution in [-0.4, -0.2) is 34.8 Å². The molecule has 2 N–H and O–H groups in total. The molecule has 18 heavy (non-hydrogen) atoms. The third-order valence-corrected chi connectivity index (χ3v) is 3.02. The lowest BCUT2D eigenvalue weighted by Gasteiger charge is -2.16. The van der Waals surface area contributed by atoms with Gasteiger partial charge in [-0.15, -0.1) is 5.10 Å². The molecule has 0 atom stereocenters. The third-order valence-electron chi connectivity index (χ3n) is 3.02. The van der Waals surface area contributed by atoms with E-state index < -0.39 is 6.55 Å². The lowest BCUT2D eigenvalue weighted by molar-refractivity contribution is -0.0985. The summed E-state index contributed by atoms with van der Waals surface area (Å²) in [6, 6.07) is 0. The maximum Gasteiger partial charge on any atom is 0.334 e. The molecule has 2 aromatic heterocycles. The number of aromatic nitrogens is 5. The fourth-order valence-electron chi connectivity index (χ4n) is 2.20. The summed E-state index contributed by atoms with van der Waals surface area (Å²) in [6.45, 7) is 0.478. The van der Waals surface area contributed by atoms with Crippen LogP contribution in [0, 0.1) is 0 Å². The normalized spacial score (nSPS) is 15.8. The largest absolute Gasteiger partial charge is 0.334 e. The fourth-order valence-corrected chi connectivity index (χ4v) is 2.20. The van der Waals surface area contributed by atoms with Crippen LogP contribution in [0.15, 0.2) is 0 Å². The molecule has 98 valence electrons. The van der Waals surface area contributed by atoms with Crippen molar-refractivity contribution >= 4 is 0 Å². The van der Waals surface area contributed by atoms with Crippen molar-refractivity contribution in [2.75, 3.05) is 0 Å². The Kier molecular flexibility index (Phi) is 2.45. The first-order chi connectivity index (χ1) is 8.61. The summed E-state index contributed by atoms with van der Waals surface area (Å²) in [5.74, 6) is 0.542. The van der Waals surface area contributed by atoms with Crippen LogP contribution < -0.4 is 0 Å². The van der Waals surface area contributed by atoms with Crippen molar-refractivity contribution in [1.29, 1.82) is 0 Å². The zero-order valence-corrected chi connectivity index (χ0v) is 9.64. The molecule has 0 saturated heterocycles. The molecular weight excluding hydrogens is 246 g/mol. The number of alkyl halides is 2. The van der Waals surface area contributed by atoms with E-state index in [4.69, 9.17) is 0 Å². The average molecular weight is 258 g/mol. The molecule has 3 rings (SSSR count). The van der Waals surface area contributed by atoms with Crippen LogP contribution in [0.25, 0.3) is 11.6 Å². The number of nitrogens with zero attached hydrogens (tertiary/aromatic N) is 5. The summed E-state index contributed by atoms with van der Waals surface area (Å²) in [5, 5.41) is 16.5. The number of aromatic amines is 1. The summed E-state index contributed by atoms with van der Waals surface area (Å²) < 4.78 is 27.7. The van der Waals surface area contributed by atoms with Gasteiger partial charge in [0.1, 0.15) is 0 Å². The van der Waals surface area contributed by atoms with Crippen molar-refractivity contribution in [3.8, 4) is 11.6 Å². The number of rotatable bonds is 3. The summed E-state index contributed by atoms with van der Waals surface area (Å²) >= 11 is 0. The molecule has 0 unspecified atom stereocenters. The highest BCUT2D eigenvalue weighted by atomic mass is 19.3. The van der Waals surface area contributed by atoms with Crippen molar-refractivity contribution < 1.29 is 14.0 Å². The van der Waals surface area contributed by atoms with Crippen molar-refractivity contribution in [1.82, 2.24) is 29.6 Å². The van der Waals surface area contributed by atoms with Crippen LogP contribution in [0.4, 0.5) is 8.78 Å². The first kappa shape index (κ1) is 11.4. The number of hydrogen-bond donors (Lipinski definition) is 2. The molecule has 9 heteroatoms. The molecule has 0 amide bonds. The summed E-state index contributed by atoms with van der Waals surface area (Å²) in [4.78, 5) is 4.28. The van der Waals surface area contributed by atoms with Gasteiger partial charge >= 0.3 is 6.55 Å². The lowest BCUT2D eigenvalue weighted by atomic mass is 10.4. The van der Waals surface area contributed by atoms with Gasteiger partial charge in [0.25, 0.3) is 0 Å². The van der Waals surface area contributed by atoms with Gasteiger partial charge in [-0.3, -0.25) is 0 Å². The second-order valence-electron chi connectivity index (χ2n) is 4.08. The van der Waals surface area contributed by atoms with Gasteiger partial charge < -0.3 is 9.77 Å². The molecule has 1 aliphatic rings. The Bertz CT molecular complexity index is 571. The first-order valence-electron chi connectivity index (χ1n) is 5.55. The molecule has 1 aliphatic heterocycles. The molecule has 0 aromatic carbocycles. The van der Waals surface area contributed by atoms with E-state index in [0.717, 1.165) is 10.8 Å². The van der Waals surface area contributed by atoms with Crippen LogP contribution in [-0.2, 0) is 19.6 Å². The maximum absolute atomic E-state index is 12.6. The average Bonchev–Trinajstić information content (AvgIpc) is 2.70. The third kappa shape index (κ3) is 1.47. The lowest BCUT2D eigenvalue weighted by Crippen LogP contribution is -2.20. The topological polar surface area (TPSA) is 74.9 Å². The Morgan fingerprint density at radius 3 is 2.72 bits per heavy atom. The SMILES string of the molecule is CCn1c(-c2n[nH]n2C(F)F)nc2c1CN(O)C2. The standard InChI is InChI=1S/C9H12F2N6O/c1-2-16-6-4-15(18)3-5(6)12-7(16)8-13-14-17(8)9(10)11/h9,14,18H,2-4H2,1H3. The number of fused-ring (bicyclic) bond motifs is 1. The second kappa shape index (κ2) is 3.89. The smallest absolute Gasteiger partial charge is 0.324 e. The zero-order valence-electron chi connectivity index (χ0n) is 9.64. The van der Waals surface area contributed by atoms with Gasteiger partial charge in [0.15, 0.2) is 5.82 Å². The fraction of sp³-hybridized carbons (Fsp3) is 0.556. The molecule has 2 aromatic rings. The van der Waals surface area contributed by atoms with Gasteiger partial charge in [-0.25, -0.2) is 10.2 Å². The zero-order chi connectivity index (χ0) is 12.9. The Labute approximate surface area is 101 Å². The molecule has 0 bridgehead atoms. The Hall–Kier alpha value is -1.74. The molecule has 3 heterocycles. The van der Waals surface area contributed by atoms with Gasteiger partial charge in [0.05, 0.1) is 24.5 Å². The summed E-state index contributed by atoms with van der Waals surface area (Å²) in [5.41, 5.74) is 1.55. The van der Waals surface area contributed by atoms with Crippen LogP contribution in [0.5, 0.6) is 0 Å². The molecule has 0 spiro atoms. The van der Waals surface area contributed by atoms with Gasteiger partial charge in [0, 0.05) is 6.54 Å². The first-order valence-corrected chi connectivity index (χ1v) is 5.55. The minimum absolute atomic E-state index is 0.130. The van der Waals surface area contributed by atoms with E-state index in [1.807, 2.05) is 6.92 Å². The summed E-state index contributed by atoms with van der Waals surface area (Å²) in [7, 11) is 0. The molecule has 0 fully saturated rings. The number of nitrogens with one attached hydrogen (secondary N) is 1. The number of hydroxylamine groups is 2. The predicted octanol–water partition coefficient (Wildman–Crippen LogP) is 1.19. The second-order valence-corrected chi connectivity index (χ2v) is 4.08. The van der Waals surface area contributed by atoms with E-state index in [0.29, 0.717) is 35.8 Å². The predicted molar refractivity (Wildman–Crippen MR) is 55.8 cm³/mol. The Morgan fingerprint density at radius 1 is 1.39 bits per heavy atom. The van der Waals surface area contributed by atoms with E-state index in [2.05, 4.69) is 15.3 Å². The molecule has 7 nitrogen and oxygen atoms in total. The van der Waals surface area contributed by atoms with E-state index in [9.17, 15) is 14.0 Å². The van der Waals surface area contributed by atoms with Gasteiger partial charge in [0.2, 0.25) is 5.82 Å². The van der Waals surface area contributed by atoms with Crippen LogP contribution in [0.2, 0.25) is 0 Å². The highest BCUT2D eigenvalue weighted by Crippen LogP contribution is 2.28. The van der Waals surface area contributed by atoms with Crippen LogP contribution in [0.3, 0.4) is 0 Å². The van der Waals surface area contributed by atoms with Crippen molar-refractivity contribution in [2.24, 2.45) is 0 Å². The Balaban J connectivity index is 2.05. The van der Waals surface area contributed by atoms with E-state index >= 15 is 0 Å². The van der Waals surface area contributed by atoms with Crippen LogP contribution in [0.1, 0.15) is 24.9 Å². The van der Waals surface area contributed by atoms with Gasteiger partial charge in [-0.1, -0.05) is 0 Å². The van der Waals surface area contributed by atoms with Crippen LogP contribution >= 0.6 is 0 Å². The minimum Gasteiger partial charge on any atom is -0.324 e. The number of H-pyrrole nitrogens is 1. The quantitative estimate of drug-likeness (QED) is 0.867. The van der Waals surface area contributed by atoms with Crippen molar-refractivity contribution in [3.05, 3.63) is 11.4 Å². The van der Waals surface area contributed by atoms with Crippen molar-refractivity contribution in [3.63, 3.8) is 0 Å². The highest BCUT2D eigenvalue weighted by molar-refractivity contribution is 5.48. The van der Waals surface area contributed by atoms with E-state index in [-0.39, 0.29) is 5.82 Å². The van der Waals surface area contributed by atoms with Gasteiger partial charge in [-0.2, -0.15) is 18.5 Å². The summed E-state index contributed by atoms with van der Waals surface area (Å²) in [6.07, 6.45) is 0. The molecule has 0 radical (unpaired) electrons. The minimum atomic E-state index is -2.66. The monoisotopic (exact) mass is 258 g/mol. The number of halogens is 2.